The van der Waals surface area contributed by atoms with Crippen LogP contribution in [-0.4, -0.2) is 31.0 Å². The fourth-order valence-electron chi connectivity index (χ4n) is 5.14. The zero-order valence-corrected chi connectivity index (χ0v) is 26.5. The molecule has 5 nitrogen and oxygen atoms in total. The van der Waals surface area contributed by atoms with Crippen LogP contribution >= 0.6 is 0 Å². The number of carbonyl (C=O) groups excluding carboxylic acids is 2. The maximum Gasteiger partial charge on any atom is 0.282 e. The molecule has 0 spiro atoms. The number of benzene rings is 1. The van der Waals surface area contributed by atoms with Crippen molar-refractivity contribution in [2.24, 2.45) is 0 Å². The Bertz CT molecular complexity index is 915. The van der Waals surface area contributed by atoms with Gasteiger partial charge in [0, 0.05) is 18.1 Å². The first-order valence-electron chi connectivity index (χ1n) is 16.3. The Morgan fingerprint density at radius 1 is 0.854 bits per heavy atom. The summed E-state index contributed by atoms with van der Waals surface area (Å²) in [6.07, 6.45) is 28.9. The van der Waals surface area contributed by atoms with E-state index < -0.39 is 5.97 Å². The molecule has 2 atom stereocenters. The van der Waals surface area contributed by atoms with Crippen LogP contribution in [0.25, 0.3) is 0 Å². The van der Waals surface area contributed by atoms with Crippen molar-refractivity contribution in [3.8, 4) is 0 Å². The lowest BCUT2D eigenvalue weighted by atomic mass is 10.00. The van der Waals surface area contributed by atoms with E-state index in [9.17, 15) is 14.7 Å². The van der Waals surface area contributed by atoms with Gasteiger partial charge in [-0.25, -0.2) is 0 Å². The summed E-state index contributed by atoms with van der Waals surface area (Å²) < 4.78 is 0. The molecule has 1 aromatic rings. The number of likely N-dealkylation sites (tertiary alicyclic amines) is 1. The van der Waals surface area contributed by atoms with Crippen molar-refractivity contribution in [1.82, 2.24) is 0 Å². The smallest absolute Gasteiger partial charge is 0.282 e. The molecule has 0 aromatic heterocycles. The van der Waals surface area contributed by atoms with Crippen LogP contribution in [0.4, 0.5) is 5.69 Å². The van der Waals surface area contributed by atoms with Gasteiger partial charge in [0.25, 0.3) is 5.91 Å². The fraction of sp³-hybridized carbons (Fsp3) is 0.611. The number of amides is 1. The van der Waals surface area contributed by atoms with Crippen molar-refractivity contribution in [2.75, 3.05) is 18.4 Å². The van der Waals surface area contributed by atoms with Crippen molar-refractivity contribution in [3.63, 3.8) is 0 Å². The number of unbranched alkanes of at least 4 members (excludes halogenated alkanes) is 6. The first-order valence-corrected chi connectivity index (χ1v) is 16.3. The summed E-state index contributed by atoms with van der Waals surface area (Å²) in [5, 5.41) is 13.4. The van der Waals surface area contributed by atoms with Gasteiger partial charge in [-0.2, -0.15) is 0 Å². The number of hydrogen-bond donors (Lipinski definition) is 2. The largest absolute Gasteiger partial charge is 0.550 e. The topological polar surface area (TPSA) is 73.7 Å². The molecule has 0 saturated carbocycles. The Kier molecular flexibility index (Phi) is 21.3. The summed E-state index contributed by atoms with van der Waals surface area (Å²) in [4.78, 5) is 24.4. The molecule has 1 fully saturated rings. The second-order valence-electron chi connectivity index (χ2n) is 11.3. The lowest BCUT2D eigenvalue weighted by Crippen LogP contribution is -3.17. The fourth-order valence-corrected chi connectivity index (χ4v) is 5.14. The molecular weight excluding hydrogens is 508 g/mol. The maximum absolute atomic E-state index is 12.7. The van der Waals surface area contributed by atoms with Crippen molar-refractivity contribution in [3.05, 3.63) is 65.8 Å². The van der Waals surface area contributed by atoms with E-state index >= 15 is 0 Å². The number of hydrogen-bond acceptors (Lipinski definition) is 3. The van der Waals surface area contributed by atoms with Crippen LogP contribution in [0.1, 0.15) is 121 Å². The predicted molar refractivity (Wildman–Crippen MR) is 172 cm³/mol. The van der Waals surface area contributed by atoms with E-state index in [-0.39, 0.29) is 18.4 Å². The molecule has 0 aliphatic carbocycles. The minimum Gasteiger partial charge on any atom is -0.550 e. The molecule has 41 heavy (non-hydrogen) atoms. The number of rotatable bonds is 18. The van der Waals surface area contributed by atoms with Gasteiger partial charge in [-0.3, -0.25) is 4.79 Å². The average molecular weight is 567 g/mol. The van der Waals surface area contributed by atoms with E-state index in [4.69, 9.17) is 0 Å². The highest BCUT2D eigenvalue weighted by atomic mass is 16.4. The number of anilines is 1. The molecule has 5 heteroatoms. The van der Waals surface area contributed by atoms with Gasteiger partial charge in [0.15, 0.2) is 6.04 Å². The number of carbonyl (C=O) groups is 2. The van der Waals surface area contributed by atoms with Gasteiger partial charge in [0.05, 0.1) is 13.1 Å². The zero-order valence-electron chi connectivity index (χ0n) is 26.5. The van der Waals surface area contributed by atoms with Gasteiger partial charge < -0.3 is 20.1 Å². The lowest BCUT2D eigenvalue weighted by Gasteiger charge is -2.31. The Hall–Kier alpha value is -2.66. The Morgan fingerprint density at radius 3 is 2.02 bits per heavy atom. The standard InChI is InChI=1S/C18H28N2O.C18H30O2/c1-4-5-12-20-13-7-6-11-16(20)18(21)19-17-14(2)9-8-10-15(17)3;1-2-3-4-5-6-7-8-9-10-11-12-13-14-15-16-17-18(19)20/h8-10,16H,4-7,11-13H2,1-3H3,(H,19,21);6-7,9-10,12-13H,2-5,8,11,14-17H2,1H3,(H,19,20)/b;7-6-,10-9-,13-12-. The predicted octanol–water partition coefficient (Wildman–Crippen LogP) is 6.81. The van der Waals surface area contributed by atoms with Crippen LogP contribution in [0, 0.1) is 13.8 Å². The molecule has 1 aromatic carbocycles. The molecule has 1 aliphatic heterocycles. The Labute approximate surface area is 251 Å². The monoisotopic (exact) mass is 566 g/mol. The Morgan fingerprint density at radius 2 is 1.44 bits per heavy atom. The SMILES string of the molecule is CCCCC/C=C\C/C=C\C/C=C\CCCCC(=O)[O-].CCCC[NH+]1CCCCC1C(=O)Nc1c(C)cccc1C. The van der Waals surface area contributed by atoms with Gasteiger partial charge in [0.2, 0.25) is 0 Å². The van der Waals surface area contributed by atoms with Crippen LogP contribution in [0.2, 0.25) is 0 Å². The molecule has 0 radical (unpaired) electrons. The summed E-state index contributed by atoms with van der Waals surface area (Å²) in [7, 11) is 0. The molecule has 0 bridgehead atoms. The van der Waals surface area contributed by atoms with Crippen LogP contribution in [-0.2, 0) is 9.59 Å². The molecule has 1 aliphatic rings. The molecule has 2 N–H and O–H groups in total. The van der Waals surface area contributed by atoms with E-state index in [0.29, 0.717) is 6.42 Å². The van der Waals surface area contributed by atoms with Crippen LogP contribution < -0.4 is 15.3 Å². The molecule has 1 amide bonds. The molecule has 2 rings (SSSR count). The molecule has 230 valence electrons. The first-order chi connectivity index (χ1) is 19.9. The quantitative estimate of drug-likeness (QED) is 0.152. The number of aryl methyl sites for hydroxylation is 2. The average Bonchev–Trinajstić information content (AvgIpc) is 2.96. The Balaban J connectivity index is 0.000000411. The third kappa shape index (κ3) is 17.7. The number of nitrogens with one attached hydrogen (secondary N) is 2. The van der Waals surface area contributed by atoms with E-state index in [1.165, 1.54) is 56.3 Å². The lowest BCUT2D eigenvalue weighted by molar-refractivity contribution is -0.921. The highest BCUT2D eigenvalue weighted by molar-refractivity contribution is 5.95. The number of aliphatic carboxylic acids is 1. The second kappa shape index (κ2) is 24.0. The third-order valence-electron chi connectivity index (χ3n) is 7.65. The number of para-hydroxylation sites is 1. The van der Waals surface area contributed by atoms with Gasteiger partial charge in [-0.15, -0.1) is 0 Å². The van der Waals surface area contributed by atoms with Crippen LogP contribution in [0.15, 0.2) is 54.7 Å². The summed E-state index contributed by atoms with van der Waals surface area (Å²) in [6, 6.07) is 6.29. The minimum absolute atomic E-state index is 0.129. The van der Waals surface area contributed by atoms with E-state index in [1.807, 2.05) is 6.07 Å². The van der Waals surface area contributed by atoms with E-state index in [0.717, 1.165) is 62.0 Å². The minimum atomic E-state index is -0.945. The summed E-state index contributed by atoms with van der Waals surface area (Å²) in [6.45, 7) is 10.8. The summed E-state index contributed by atoms with van der Waals surface area (Å²) in [5.74, 6) is -0.738. The molecule has 2 unspecified atom stereocenters. The molecule has 1 saturated heterocycles. The van der Waals surface area contributed by atoms with Crippen molar-refractivity contribution >= 4 is 17.6 Å². The zero-order chi connectivity index (χ0) is 30.1. The maximum atomic E-state index is 12.7. The molecule has 1 heterocycles. The number of carboxylic acid groups (broad SMARTS) is 1. The summed E-state index contributed by atoms with van der Waals surface area (Å²) in [5.41, 5.74) is 3.30. The van der Waals surface area contributed by atoms with Crippen LogP contribution in [0.5, 0.6) is 0 Å². The highest BCUT2D eigenvalue weighted by Gasteiger charge is 2.32. The second-order valence-corrected chi connectivity index (χ2v) is 11.3. The van der Waals surface area contributed by atoms with E-state index in [1.54, 1.807) is 0 Å². The van der Waals surface area contributed by atoms with Crippen LogP contribution in [0.3, 0.4) is 0 Å². The van der Waals surface area contributed by atoms with Gasteiger partial charge in [0.1, 0.15) is 0 Å². The third-order valence-corrected chi connectivity index (χ3v) is 7.65. The normalized spacial score (nSPS) is 17.2. The van der Waals surface area contributed by atoms with Gasteiger partial charge in [-0.1, -0.05) is 87.8 Å². The highest BCUT2D eigenvalue weighted by Crippen LogP contribution is 2.20. The molecular formula is C36H58N2O3. The van der Waals surface area contributed by atoms with Gasteiger partial charge >= 0.3 is 0 Å². The number of quaternary nitrogens is 1. The summed E-state index contributed by atoms with van der Waals surface area (Å²) >= 11 is 0. The number of allylic oxidation sites excluding steroid dienone is 6. The van der Waals surface area contributed by atoms with Crippen molar-refractivity contribution < 1.29 is 19.6 Å². The van der Waals surface area contributed by atoms with Crippen molar-refractivity contribution in [2.45, 2.75) is 130 Å². The van der Waals surface area contributed by atoms with Crippen molar-refractivity contribution in [1.29, 1.82) is 0 Å². The number of carboxylic acids is 1. The van der Waals surface area contributed by atoms with Gasteiger partial charge in [-0.05, 0) is 95.6 Å². The van der Waals surface area contributed by atoms with E-state index in [2.05, 4.69) is 81.6 Å². The first kappa shape index (κ1) is 36.4. The number of piperidine rings is 1.